The summed E-state index contributed by atoms with van der Waals surface area (Å²) in [6.07, 6.45) is 2.47. The van der Waals surface area contributed by atoms with Crippen LogP contribution < -0.4 is 4.74 Å². The van der Waals surface area contributed by atoms with E-state index < -0.39 is 0 Å². The fourth-order valence-corrected chi connectivity index (χ4v) is 1.75. The normalized spacial score (nSPS) is 16.5. The van der Waals surface area contributed by atoms with Crippen LogP contribution in [0.4, 0.5) is 0 Å². The molecule has 15 heavy (non-hydrogen) atoms. The second-order valence-corrected chi connectivity index (χ2v) is 5.60. The first kappa shape index (κ1) is 10.9. The molecule has 0 radical (unpaired) electrons. The molecule has 1 aromatic heterocycles. The predicted molar refractivity (Wildman–Crippen MR) is 62.1 cm³/mol. The molecule has 1 heterocycles. The van der Waals surface area contributed by atoms with Crippen molar-refractivity contribution in [2.24, 2.45) is 0 Å². The highest BCUT2D eigenvalue weighted by Gasteiger charge is 2.26. The van der Waals surface area contributed by atoms with E-state index in [2.05, 4.69) is 25.9 Å². The number of halogens is 1. The molecule has 0 aliphatic heterocycles. The van der Waals surface area contributed by atoms with Crippen molar-refractivity contribution in [1.82, 2.24) is 9.97 Å². The third-order valence-electron chi connectivity index (χ3n) is 2.10. The van der Waals surface area contributed by atoms with E-state index in [-0.39, 0.29) is 5.60 Å². The van der Waals surface area contributed by atoms with Crippen LogP contribution in [0.2, 0.25) is 0 Å². The molecule has 82 valence electrons. The van der Waals surface area contributed by atoms with Gasteiger partial charge in [0.25, 0.3) is 0 Å². The lowest BCUT2D eigenvalue weighted by Gasteiger charge is -2.20. The quantitative estimate of drug-likeness (QED) is 0.774. The van der Waals surface area contributed by atoms with Gasteiger partial charge in [0, 0.05) is 12.0 Å². The minimum atomic E-state index is -0.214. The van der Waals surface area contributed by atoms with Crippen LogP contribution in [0.1, 0.15) is 45.2 Å². The van der Waals surface area contributed by atoms with Crippen LogP contribution in [-0.2, 0) is 0 Å². The third-order valence-corrected chi connectivity index (χ3v) is 2.46. The van der Waals surface area contributed by atoms with Crippen LogP contribution >= 0.6 is 15.9 Å². The van der Waals surface area contributed by atoms with Gasteiger partial charge in [-0.1, -0.05) is 0 Å². The summed E-state index contributed by atoms with van der Waals surface area (Å²) in [6, 6.07) is 1.95. The van der Waals surface area contributed by atoms with E-state index in [9.17, 15) is 0 Å². The average Bonchev–Trinajstić information content (AvgIpc) is 2.80. The summed E-state index contributed by atoms with van der Waals surface area (Å²) in [4.78, 5) is 8.56. The highest BCUT2D eigenvalue weighted by molar-refractivity contribution is 9.10. The summed E-state index contributed by atoms with van der Waals surface area (Å²) in [5, 5.41) is 0. The molecule has 0 N–H and O–H groups in total. The lowest BCUT2D eigenvalue weighted by atomic mass is 10.2. The van der Waals surface area contributed by atoms with Gasteiger partial charge >= 0.3 is 0 Å². The Bertz CT molecular complexity index is 369. The number of nitrogens with zero attached hydrogens (tertiary/aromatic N) is 2. The molecular formula is C11H15BrN2O. The first-order chi connectivity index (χ1) is 6.94. The van der Waals surface area contributed by atoms with Crippen LogP contribution in [0.15, 0.2) is 10.8 Å². The van der Waals surface area contributed by atoms with Crippen LogP contribution in [0.5, 0.6) is 5.88 Å². The van der Waals surface area contributed by atoms with E-state index in [0.717, 1.165) is 5.69 Å². The monoisotopic (exact) mass is 270 g/mol. The summed E-state index contributed by atoms with van der Waals surface area (Å²) in [6.45, 7) is 6.04. The molecule has 1 fully saturated rings. The van der Waals surface area contributed by atoms with Crippen molar-refractivity contribution in [3.05, 3.63) is 16.5 Å². The first-order valence-corrected chi connectivity index (χ1v) is 5.97. The summed E-state index contributed by atoms with van der Waals surface area (Å²) >= 11 is 3.31. The van der Waals surface area contributed by atoms with E-state index in [1.54, 1.807) is 0 Å². The molecule has 0 bridgehead atoms. The van der Waals surface area contributed by atoms with Crippen molar-refractivity contribution in [2.45, 2.75) is 45.1 Å². The molecule has 0 saturated heterocycles. The molecule has 0 amide bonds. The summed E-state index contributed by atoms with van der Waals surface area (Å²) in [7, 11) is 0. The standard InChI is InChI=1S/C11H15BrN2O/c1-11(2,3)15-9-6-8(7-4-5-7)13-10(12)14-9/h6-7H,4-5H2,1-3H3. The highest BCUT2D eigenvalue weighted by Crippen LogP contribution is 2.40. The van der Waals surface area contributed by atoms with E-state index in [1.165, 1.54) is 12.8 Å². The van der Waals surface area contributed by atoms with Gasteiger partial charge in [-0.05, 0) is 49.5 Å². The zero-order valence-corrected chi connectivity index (χ0v) is 10.8. The Morgan fingerprint density at radius 2 is 2.00 bits per heavy atom. The topological polar surface area (TPSA) is 35.0 Å². The molecule has 0 atom stereocenters. The van der Waals surface area contributed by atoms with Gasteiger partial charge in [0.05, 0.1) is 5.69 Å². The molecule has 3 nitrogen and oxygen atoms in total. The number of aromatic nitrogens is 2. The molecule has 1 saturated carbocycles. The minimum absolute atomic E-state index is 0.214. The van der Waals surface area contributed by atoms with Crippen molar-refractivity contribution in [1.29, 1.82) is 0 Å². The molecule has 1 aliphatic rings. The Labute approximate surface area is 98.4 Å². The Kier molecular flexibility index (Phi) is 2.71. The van der Waals surface area contributed by atoms with Gasteiger partial charge in [0.1, 0.15) is 5.60 Å². The second-order valence-electron chi connectivity index (χ2n) is 4.89. The number of hydrogen-bond acceptors (Lipinski definition) is 3. The van der Waals surface area contributed by atoms with Gasteiger partial charge in [0.2, 0.25) is 5.88 Å². The lowest BCUT2D eigenvalue weighted by molar-refractivity contribution is 0.123. The fourth-order valence-electron chi connectivity index (χ4n) is 1.37. The predicted octanol–water partition coefficient (Wildman–Crippen LogP) is 3.29. The maximum absolute atomic E-state index is 5.72. The second kappa shape index (κ2) is 3.74. The van der Waals surface area contributed by atoms with Crippen molar-refractivity contribution >= 4 is 15.9 Å². The lowest BCUT2D eigenvalue weighted by Crippen LogP contribution is -2.23. The van der Waals surface area contributed by atoms with Crippen molar-refractivity contribution < 1.29 is 4.74 Å². The van der Waals surface area contributed by atoms with Gasteiger partial charge in [-0.3, -0.25) is 0 Å². The van der Waals surface area contributed by atoms with Gasteiger partial charge in [-0.25, -0.2) is 4.98 Å². The zero-order valence-electron chi connectivity index (χ0n) is 9.25. The average molecular weight is 271 g/mol. The maximum atomic E-state index is 5.72. The molecular weight excluding hydrogens is 256 g/mol. The van der Waals surface area contributed by atoms with Crippen molar-refractivity contribution in [3.8, 4) is 5.88 Å². The van der Waals surface area contributed by atoms with Crippen LogP contribution in [0.25, 0.3) is 0 Å². The summed E-state index contributed by atoms with van der Waals surface area (Å²) < 4.78 is 6.34. The number of hydrogen-bond donors (Lipinski definition) is 0. The van der Waals surface area contributed by atoms with Crippen LogP contribution in [-0.4, -0.2) is 15.6 Å². The maximum Gasteiger partial charge on any atom is 0.218 e. The summed E-state index contributed by atoms with van der Waals surface area (Å²) in [5.74, 6) is 1.28. The Balaban J connectivity index is 2.23. The van der Waals surface area contributed by atoms with Gasteiger partial charge in [-0.15, -0.1) is 0 Å². The SMILES string of the molecule is CC(C)(C)Oc1cc(C2CC2)nc(Br)n1. The van der Waals surface area contributed by atoms with Crippen molar-refractivity contribution in [2.75, 3.05) is 0 Å². The van der Waals surface area contributed by atoms with Crippen LogP contribution in [0.3, 0.4) is 0 Å². The molecule has 0 spiro atoms. The number of ether oxygens (including phenoxy) is 1. The smallest absolute Gasteiger partial charge is 0.218 e. The minimum Gasteiger partial charge on any atom is -0.472 e. The largest absolute Gasteiger partial charge is 0.472 e. The third kappa shape index (κ3) is 3.16. The molecule has 1 aromatic rings. The Morgan fingerprint density at radius 1 is 1.33 bits per heavy atom. The molecule has 2 rings (SSSR count). The molecule has 4 heteroatoms. The van der Waals surface area contributed by atoms with E-state index in [4.69, 9.17) is 4.74 Å². The Morgan fingerprint density at radius 3 is 2.53 bits per heavy atom. The molecule has 0 unspecified atom stereocenters. The van der Waals surface area contributed by atoms with Gasteiger partial charge in [-0.2, -0.15) is 4.98 Å². The van der Waals surface area contributed by atoms with Gasteiger partial charge in [0.15, 0.2) is 4.73 Å². The highest BCUT2D eigenvalue weighted by atomic mass is 79.9. The Hall–Kier alpha value is -0.640. The van der Waals surface area contributed by atoms with E-state index in [0.29, 0.717) is 16.5 Å². The fraction of sp³-hybridized carbons (Fsp3) is 0.636. The van der Waals surface area contributed by atoms with Gasteiger partial charge < -0.3 is 4.74 Å². The van der Waals surface area contributed by atoms with E-state index >= 15 is 0 Å². The zero-order chi connectivity index (χ0) is 11.1. The van der Waals surface area contributed by atoms with Crippen molar-refractivity contribution in [3.63, 3.8) is 0 Å². The summed E-state index contributed by atoms with van der Waals surface area (Å²) in [5.41, 5.74) is 0.880. The molecule has 1 aliphatic carbocycles. The first-order valence-electron chi connectivity index (χ1n) is 5.17. The van der Waals surface area contributed by atoms with Crippen LogP contribution in [0, 0.1) is 0 Å². The van der Waals surface area contributed by atoms with E-state index in [1.807, 2.05) is 26.8 Å². The number of rotatable bonds is 2. The molecule has 0 aromatic carbocycles.